The maximum atomic E-state index is 5.53. The van der Waals surface area contributed by atoms with Crippen LogP contribution in [0.25, 0.3) is 0 Å². The Kier molecular flexibility index (Phi) is 1.90. The zero-order chi connectivity index (χ0) is 9.26. The second-order valence-corrected chi connectivity index (χ2v) is 3.63. The van der Waals surface area contributed by atoms with Gasteiger partial charge in [0.15, 0.2) is 10.9 Å². The monoisotopic (exact) mass is 195 g/mol. The minimum atomic E-state index is 0.693. The van der Waals surface area contributed by atoms with Gasteiger partial charge in [0.05, 0.1) is 6.20 Å². The molecule has 0 aliphatic heterocycles. The Labute approximate surface area is 79.2 Å². The first-order valence-electron chi connectivity index (χ1n) is 3.72. The molecule has 0 saturated heterocycles. The largest absolute Gasteiger partial charge is 0.389 e. The number of hydrogen-bond acceptors (Lipinski definition) is 5. The van der Waals surface area contributed by atoms with Gasteiger partial charge in [-0.25, -0.2) is 4.98 Å². The van der Waals surface area contributed by atoms with Gasteiger partial charge in [-0.1, -0.05) is 11.3 Å². The standard InChI is InChI=1S/C7H9N5S/c1-12-3-2-6(11-12)10-7-9-4-5(8)13-7/h2-4H,8H2,1H3,(H,9,10,11). The Balaban J connectivity index is 2.14. The molecule has 0 atom stereocenters. The summed E-state index contributed by atoms with van der Waals surface area (Å²) in [6, 6.07) is 1.87. The summed E-state index contributed by atoms with van der Waals surface area (Å²) >= 11 is 1.40. The van der Waals surface area contributed by atoms with Crippen LogP contribution >= 0.6 is 11.3 Å². The number of anilines is 3. The van der Waals surface area contributed by atoms with Crippen molar-refractivity contribution in [2.75, 3.05) is 11.1 Å². The molecule has 6 heteroatoms. The Morgan fingerprint density at radius 3 is 3.00 bits per heavy atom. The summed E-state index contributed by atoms with van der Waals surface area (Å²) in [6.07, 6.45) is 3.48. The predicted molar refractivity (Wildman–Crippen MR) is 53.0 cm³/mol. The molecule has 3 N–H and O–H groups in total. The van der Waals surface area contributed by atoms with Gasteiger partial charge in [-0.2, -0.15) is 5.10 Å². The van der Waals surface area contributed by atoms with Crippen molar-refractivity contribution in [3.63, 3.8) is 0 Å². The Bertz CT molecular complexity index is 366. The van der Waals surface area contributed by atoms with Gasteiger partial charge in [0.1, 0.15) is 5.00 Å². The molecule has 0 aromatic carbocycles. The normalized spacial score (nSPS) is 10.2. The number of nitrogens with two attached hydrogens (primary N) is 1. The quantitative estimate of drug-likeness (QED) is 0.755. The van der Waals surface area contributed by atoms with E-state index in [1.165, 1.54) is 11.3 Å². The smallest absolute Gasteiger partial charge is 0.190 e. The molecule has 5 nitrogen and oxygen atoms in total. The van der Waals surface area contributed by atoms with Gasteiger partial charge in [-0.3, -0.25) is 4.68 Å². The van der Waals surface area contributed by atoms with Crippen molar-refractivity contribution in [3.05, 3.63) is 18.5 Å². The van der Waals surface area contributed by atoms with Crippen LogP contribution < -0.4 is 11.1 Å². The van der Waals surface area contributed by atoms with Crippen LogP contribution in [-0.4, -0.2) is 14.8 Å². The molecule has 0 saturated carbocycles. The van der Waals surface area contributed by atoms with Gasteiger partial charge >= 0.3 is 0 Å². The van der Waals surface area contributed by atoms with Gasteiger partial charge < -0.3 is 11.1 Å². The van der Waals surface area contributed by atoms with E-state index in [9.17, 15) is 0 Å². The summed E-state index contributed by atoms with van der Waals surface area (Å²) in [7, 11) is 1.86. The van der Waals surface area contributed by atoms with Crippen LogP contribution in [-0.2, 0) is 7.05 Å². The fourth-order valence-corrected chi connectivity index (χ4v) is 1.53. The van der Waals surface area contributed by atoms with E-state index in [4.69, 9.17) is 5.73 Å². The number of aromatic nitrogens is 3. The predicted octanol–water partition coefficient (Wildman–Crippen LogP) is 1.20. The van der Waals surface area contributed by atoms with E-state index >= 15 is 0 Å². The van der Waals surface area contributed by atoms with Crippen molar-refractivity contribution in [2.24, 2.45) is 7.05 Å². The molecule has 0 aliphatic rings. The van der Waals surface area contributed by atoms with Crippen molar-refractivity contribution in [2.45, 2.75) is 0 Å². The van der Waals surface area contributed by atoms with E-state index < -0.39 is 0 Å². The summed E-state index contributed by atoms with van der Waals surface area (Å²) in [6.45, 7) is 0. The zero-order valence-electron chi connectivity index (χ0n) is 7.06. The van der Waals surface area contributed by atoms with Crippen LogP contribution in [0.3, 0.4) is 0 Å². The van der Waals surface area contributed by atoms with Crippen molar-refractivity contribution < 1.29 is 0 Å². The molecular weight excluding hydrogens is 186 g/mol. The molecule has 2 rings (SSSR count). The van der Waals surface area contributed by atoms with Crippen LogP contribution in [0.1, 0.15) is 0 Å². The average Bonchev–Trinajstić information content (AvgIpc) is 2.62. The maximum Gasteiger partial charge on any atom is 0.190 e. The number of nitrogen functional groups attached to an aromatic ring is 1. The molecule has 2 aromatic rings. The Morgan fingerprint density at radius 2 is 2.46 bits per heavy atom. The molecule has 0 aliphatic carbocycles. The van der Waals surface area contributed by atoms with Crippen molar-refractivity contribution in [3.8, 4) is 0 Å². The van der Waals surface area contributed by atoms with Crippen LogP contribution in [0.15, 0.2) is 18.5 Å². The second kappa shape index (κ2) is 3.06. The summed E-state index contributed by atoms with van der Waals surface area (Å²) in [5, 5.41) is 8.64. The first-order chi connectivity index (χ1) is 6.24. The van der Waals surface area contributed by atoms with Crippen molar-refractivity contribution in [1.82, 2.24) is 14.8 Å². The third-order valence-corrected chi connectivity index (χ3v) is 2.21. The molecule has 13 heavy (non-hydrogen) atoms. The van der Waals surface area contributed by atoms with Crippen LogP contribution in [0.2, 0.25) is 0 Å². The lowest BCUT2D eigenvalue weighted by Crippen LogP contribution is -1.92. The summed E-state index contributed by atoms with van der Waals surface area (Å²) in [5.74, 6) is 0.775. The molecule has 68 valence electrons. The number of nitrogens with zero attached hydrogens (tertiary/aromatic N) is 3. The molecule has 0 unspecified atom stereocenters. The molecule has 0 bridgehead atoms. The SMILES string of the molecule is Cn1ccc(Nc2ncc(N)s2)n1. The van der Waals surface area contributed by atoms with E-state index in [2.05, 4.69) is 15.4 Å². The van der Waals surface area contributed by atoms with Crippen molar-refractivity contribution in [1.29, 1.82) is 0 Å². The molecule has 0 fully saturated rings. The Morgan fingerprint density at radius 1 is 1.62 bits per heavy atom. The summed E-state index contributed by atoms with van der Waals surface area (Å²) < 4.78 is 1.72. The second-order valence-electron chi connectivity index (χ2n) is 2.57. The van der Waals surface area contributed by atoms with Gasteiger partial charge in [-0.05, 0) is 0 Å². The van der Waals surface area contributed by atoms with E-state index in [0.717, 1.165) is 10.9 Å². The Hall–Kier alpha value is -1.56. The number of thiazole rings is 1. The van der Waals surface area contributed by atoms with Crippen LogP contribution in [0.5, 0.6) is 0 Å². The number of nitrogens with one attached hydrogen (secondary N) is 1. The minimum Gasteiger partial charge on any atom is -0.389 e. The minimum absolute atomic E-state index is 0.693. The zero-order valence-corrected chi connectivity index (χ0v) is 7.88. The highest BCUT2D eigenvalue weighted by Gasteiger charge is 2.00. The summed E-state index contributed by atoms with van der Waals surface area (Å²) in [4.78, 5) is 4.05. The third-order valence-electron chi connectivity index (χ3n) is 1.47. The lowest BCUT2D eigenvalue weighted by Gasteiger charge is -1.94. The lowest BCUT2D eigenvalue weighted by molar-refractivity contribution is 0.771. The molecule has 0 radical (unpaired) electrons. The van der Waals surface area contributed by atoms with E-state index in [0.29, 0.717) is 5.00 Å². The van der Waals surface area contributed by atoms with Crippen molar-refractivity contribution >= 4 is 27.3 Å². The molecule has 2 heterocycles. The third kappa shape index (κ3) is 1.78. The molecule has 0 amide bonds. The van der Waals surface area contributed by atoms with Gasteiger partial charge in [-0.15, -0.1) is 0 Å². The molecule has 2 aromatic heterocycles. The summed E-state index contributed by atoms with van der Waals surface area (Å²) in [5.41, 5.74) is 5.53. The van der Waals surface area contributed by atoms with E-state index in [-0.39, 0.29) is 0 Å². The molecule has 0 spiro atoms. The number of rotatable bonds is 2. The average molecular weight is 195 g/mol. The highest BCUT2D eigenvalue weighted by molar-refractivity contribution is 7.19. The van der Waals surface area contributed by atoms with Gasteiger partial charge in [0.25, 0.3) is 0 Å². The number of aryl methyl sites for hydroxylation is 1. The van der Waals surface area contributed by atoms with E-state index in [1.54, 1.807) is 10.9 Å². The lowest BCUT2D eigenvalue weighted by atomic mass is 10.6. The fraction of sp³-hybridized carbons (Fsp3) is 0.143. The number of hydrogen-bond donors (Lipinski definition) is 2. The first kappa shape index (κ1) is 8.06. The van der Waals surface area contributed by atoms with Crippen LogP contribution in [0, 0.1) is 0 Å². The molecular formula is C7H9N5S. The van der Waals surface area contributed by atoms with Gasteiger partial charge in [0, 0.05) is 19.3 Å². The topological polar surface area (TPSA) is 68.8 Å². The van der Waals surface area contributed by atoms with Crippen LogP contribution in [0.4, 0.5) is 16.0 Å². The first-order valence-corrected chi connectivity index (χ1v) is 4.53. The highest BCUT2D eigenvalue weighted by atomic mass is 32.1. The highest BCUT2D eigenvalue weighted by Crippen LogP contribution is 2.22. The van der Waals surface area contributed by atoms with Gasteiger partial charge in [0.2, 0.25) is 0 Å². The fourth-order valence-electron chi connectivity index (χ4n) is 0.936. The maximum absolute atomic E-state index is 5.53. The van der Waals surface area contributed by atoms with E-state index in [1.807, 2.05) is 19.3 Å².